The van der Waals surface area contributed by atoms with Crippen molar-refractivity contribution in [2.75, 3.05) is 0 Å². The molecule has 0 unspecified atom stereocenters. The molecule has 6 aromatic rings. The number of nitrogens with zero attached hydrogens (tertiary/aromatic N) is 2. The Hall–Kier alpha value is -4.51. The molecule has 0 saturated heterocycles. The van der Waals surface area contributed by atoms with Crippen molar-refractivity contribution in [2.24, 2.45) is 5.41 Å². The average molecular weight is 777 g/mol. The van der Waals surface area contributed by atoms with Crippen molar-refractivity contribution in [3.8, 4) is 45.5 Å². The van der Waals surface area contributed by atoms with Crippen molar-refractivity contribution in [1.82, 2.24) is 9.97 Å². The zero-order valence-electron chi connectivity index (χ0n) is 26.3. The molecule has 0 bridgehead atoms. The van der Waals surface area contributed by atoms with Crippen LogP contribution in [0.1, 0.15) is 31.9 Å². The fourth-order valence-corrected chi connectivity index (χ4v) is 6.07. The first kappa shape index (κ1) is 31.5. The van der Waals surface area contributed by atoms with Gasteiger partial charge >= 0.3 is 0 Å². The van der Waals surface area contributed by atoms with Crippen molar-refractivity contribution in [3.05, 3.63) is 139 Å². The standard InChI is InChI=1S/C29H25BNO2.C11H8N.Ir/c1-18-17-31-23(15-19(18)16-29(2,3)4)20-9-7-11-22-28(20)33-26-14-8-13-25-27(26)30(22)21-10-5-6-12-24(21)32-25;1-2-6-10(7-3-1)11-8-4-5-9-12-11;/h5-8,10-15,17H,16H2,1-4H3;1-6,8-9H;/q2*-1;. The quantitative estimate of drug-likeness (QED) is 0.136. The van der Waals surface area contributed by atoms with E-state index in [1.165, 1.54) is 11.1 Å². The van der Waals surface area contributed by atoms with Gasteiger partial charge in [-0.15, -0.1) is 59.6 Å². The number of hydrogen-bond donors (Lipinski definition) is 0. The molecule has 8 rings (SSSR count). The number of rotatable bonds is 3. The van der Waals surface area contributed by atoms with Gasteiger partial charge in [0.15, 0.2) is 0 Å². The van der Waals surface area contributed by atoms with Gasteiger partial charge in [-0.25, -0.2) is 0 Å². The van der Waals surface area contributed by atoms with Crippen molar-refractivity contribution in [3.63, 3.8) is 0 Å². The Bertz CT molecular complexity index is 1950. The van der Waals surface area contributed by atoms with Crippen molar-refractivity contribution < 1.29 is 29.6 Å². The molecule has 6 heteroatoms. The molecule has 1 radical (unpaired) electrons. The Morgan fingerprint density at radius 3 is 2.24 bits per heavy atom. The second kappa shape index (κ2) is 13.1. The summed E-state index contributed by atoms with van der Waals surface area (Å²) >= 11 is 0. The van der Waals surface area contributed by atoms with Crippen LogP contribution in [-0.4, -0.2) is 16.7 Å². The molecular weight excluding hydrogens is 743 g/mol. The molecule has 4 nitrogen and oxygen atoms in total. The first-order chi connectivity index (χ1) is 21.9. The van der Waals surface area contributed by atoms with Crippen LogP contribution in [0.25, 0.3) is 22.5 Å². The Balaban J connectivity index is 0.000000241. The number of hydrogen-bond acceptors (Lipinski definition) is 4. The summed E-state index contributed by atoms with van der Waals surface area (Å²) < 4.78 is 12.8. The van der Waals surface area contributed by atoms with Gasteiger partial charge in [0.25, 0.3) is 0 Å². The van der Waals surface area contributed by atoms with Gasteiger partial charge in [0, 0.05) is 43.7 Å². The Morgan fingerprint density at radius 1 is 0.717 bits per heavy atom. The smallest absolute Gasteiger partial charge is 0.241 e. The summed E-state index contributed by atoms with van der Waals surface area (Å²) in [7, 11) is 0. The summed E-state index contributed by atoms with van der Waals surface area (Å²) in [5, 5.41) is 0. The van der Waals surface area contributed by atoms with Crippen LogP contribution in [-0.2, 0) is 26.5 Å². The molecule has 46 heavy (non-hydrogen) atoms. The summed E-state index contributed by atoms with van der Waals surface area (Å²) in [6.07, 6.45) is 4.75. The Kier molecular flexibility index (Phi) is 8.95. The minimum atomic E-state index is 0. The van der Waals surface area contributed by atoms with Crippen LogP contribution in [0.2, 0.25) is 0 Å². The minimum absolute atomic E-state index is 0. The van der Waals surface area contributed by atoms with Crippen LogP contribution < -0.4 is 25.9 Å². The normalized spacial score (nSPS) is 12.1. The summed E-state index contributed by atoms with van der Waals surface area (Å²) in [5.41, 5.74) is 9.91. The maximum atomic E-state index is 6.54. The van der Waals surface area contributed by atoms with E-state index in [2.05, 4.69) is 69.1 Å². The van der Waals surface area contributed by atoms with Crippen LogP contribution in [0.15, 0.2) is 116 Å². The van der Waals surface area contributed by atoms with Gasteiger partial charge in [0.05, 0.1) is 0 Å². The maximum Gasteiger partial charge on any atom is 0.241 e. The molecule has 229 valence electrons. The molecule has 2 aromatic heterocycles. The van der Waals surface area contributed by atoms with E-state index in [4.69, 9.17) is 14.5 Å². The van der Waals surface area contributed by atoms with E-state index in [0.29, 0.717) is 0 Å². The monoisotopic (exact) mass is 777 g/mol. The largest absolute Gasteiger partial charge is 0.503 e. The van der Waals surface area contributed by atoms with Crippen molar-refractivity contribution in [2.45, 2.75) is 34.1 Å². The molecule has 0 N–H and O–H groups in total. The molecule has 0 fully saturated rings. The van der Waals surface area contributed by atoms with Crippen molar-refractivity contribution >= 4 is 23.1 Å². The molecule has 2 aliphatic heterocycles. The molecule has 0 aliphatic carbocycles. The summed E-state index contributed by atoms with van der Waals surface area (Å²) in [4.78, 5) is 9.01. The van der Waals surface area contributed by atoms with E-state index < -0.39 is 0 Å². The molecule has 0 atom stereocenters. The van der Waals surface area contributed by atoms with Crippen LogP contribution >= 0.6 is 0 Å². The average Bonchev–Trinajstić information content (AvgIpc) is 3.06. The SMILES string of the molecule is Cc1cnc(-c2[c-]ccc3c2Oc2cccc4c2B3c2ccccc2O4)cc1CC(C)(C)C.[Ir].[c-]1ccccc1-c1ccccn1. The molecular formula is C40H33BIrN2O2-2. The molecule has 0 amide bonds. The van der Waals surface area contributed by atoms with Gasteiger partial charge in [0.2, 0.25) is 6.71 Å². The number of ether oxygens (including phenoxy) is 2. The van der Waals surface area contributed by atoms with Gasteiger partial charge in [-0.05, 0) is 65.4 Å². The van der Waals surface area contributed by atoms with Crippen LogP contribution in [0, 0.1) is 24.5 Å². The zero-order chi connectivity index (χ0) is 31.0. The molecule has 4 heterocycles. The third-order valence-corrected chi connectivity index (χ3v) is 8.11. The molecule has 0 spiro atoms. The number of aryl methyl sites for hydroxylation is 1. The van der Waals surface area contributed by atoms with E-state index in [1.54, 1.807) is 6.20 Å². The topological polar surface area (TPSA) is 44.2 Å². The van der Waals surface area contributed by atoms with E-state index in [0.717, 1.165) is 68.3 Å². The summed E-state index contributed by atoms with van der Waals surface area (Å²) in [6.45, 7) is 8.99. The van der Waals surface area contributed by atoms with Gasteiger partial charge in [-0.2, -0.15) is 0 Å². The number of fused-ring (bicyclic) bond motifs is 4. The van der Waals surface area contributed by atoms with Crippen LogP contribution in [0.5, 0.6) is 23.0 Å². The zero-order valence-corrected chi connectivity index (χ0v) is 28.7. The Labute approximate surface area is 285 Å². The second-order valence-electron chi connectivity index (χ2n) is 12.7. The first-order valence-corrected chi connectivity index (χ1v) is 15.3. The third kappa shape index (κ3) is 6.29. The first-order valence-electron chi connectivity index (χ1n) is 15.3. The van der Waals surface area contributed by atoms with Crippen LogP contribution in [0.3, 0.4) is 0 Å². The van der Waals surface area contributed by atoms with E-state index in [9.17, 15) is 0 Å². The molecule has 4 aromatic carbocycles. The minimum Gasteiger partial charge on any atom is -0.503 e. The second-order valence-corrected chi connectivity index (χ2v) is 12.7. The third-order valence-electron chi connectivity index (χ3n) is 8.11. The summed E-state index contributed by atoms with van der Waals surface area (Å²) in [5.74, 6) is 3.43. The van der Waals surface area contributed by atoms with E-state index in [1.807, 2.05) is 85.1 Å². The number of para-hydroxylation sites is 1. The van der Waals surface area contributed by atoms with Gasteiger partial charge in [0.1, 0.15) is 17.2 Å². The maximum absolute atomic E-state index is 6.54. The van der Waals surface area contributed by atoms with E-state index in [-0.39, 0.29) is 32.2 Å². The number of aromatic nitrogens is 2. The fourth-order valence-electron chi connectivity index (χ4n) is 6.07. The van der Waals surface area contributed by atoms with Gasteiger partial charge in [-0.3, -0.25) is 0 Å². The Morgan fingerprint density at radius 2 is 1.48 bits per heavy atom. The predicted molar refractivity (Wildman–Crippen MR) is 183 cm³/mol. The number of pyridine rings is 2. The molecule has 0 saturated carbocycles. The van der Waals surface area contributed by atoms with Gasteiger partial charge in [-0.1, -0.05) is 74.4 Å². The molecule has 2 aliphatic rings. The van der Waals surface area contributed by atoms with Crippen molar-refractivity contribution in [1.29, 1.82) is 0 Å². The van der Waals surface area contributed by atoms with E-state index >= 15 is 0 Å². The summed E-state index contributed by atoms with van der Waals surface area (Å²) in [6, 6.07) is 40.9. The number of benzene rings is 4. The van der Waals surface area contributed by atoms with Crippen LogP contribution in [0.4, 0.5) is 0 Å². The predicted octanol–water partition coefficient (Wildman–Crippen LogP) is 7.72. The fraction of sp³-hybridized carbons (Fsp3) is 0.150. The van der Waals surface area contributed by atoms with Gasteiger partial charge < -0.3 is 19.4 Å².